The Labute approximate surface area is 118 Å². The van der Waals surface area contributed by atoms with Crippen LogP contribution in [0.4, 0.5) is 0 Å². The van der Waals surface area contributed by atoms with Crippen molar-refractivity contribution in [2.75, 3.05) is 0 Å². The average molecular weight is 292 g/mol. The molecule has 2 aromatic rings. The quantitative estimate of drug-likeness (QED) is 0.833. The van der Waals surface area contributed by atoms with Crippen LogP contribution in [0, 0.1) is 6.92 Å². The Bertz CT molecular complexity index is 673. The molecule has 0 aliphatic rings. The Hall–Kier alpha value is -2.11. The van der Waals surface area contributed by atoms with E-state index in [0.717, 1.165) is 11.1 Å². The van der Waals surface area contributed by atoms with Gasteiger partial charge in [-0.05, 0) is 25.1 Å². The normalized spacial score (nSPS) is 10.3. The van der Waals surface area contributed by atoms with Crippen LogP contribution < -0.4 is 0 Å². The van der Waals surface area contributed by atoms with Crippen molar-refractivity contribution in [1.82, 2.24) is 0 Å². The predicted molar refractivity (Wildman–Crippen MR) is 79.2 cm³/mol. The second kappa shape index (κ2) is 6.88. The first-order chi connectivity index (χ1) is 9.34. The van der Waals surface area contributed by atoms with Gasteiger partial charge in [0.15, 0.2) is 0 Å². The van der Waals surface area contributed by atoms with Crippen molar-refractivity contribution in [2.45, 2.75) is 11.8 Å². The van der Waals surface area contributed by atoms with Crippen molar-refractivity contribution in [2.24, 2.45) is 0 Å². The van der Waals surface area contributed by atoms with Crippen molar-refractivity contribution in [3.8, 4) is 5.75 Å². The zero-order chi connectivity index (χ0) is 15.2. The van der Waals surface area contributed by atoms with E-state index in [4.69, 9.17) is 9.66 Å². The molecule has 0 aliphatic heterocycles. The van der Waals surface area contributed by atoms with Crippen LogP contribution in [-0.2, 0) is 10.1 Å². The van der Waals surface area contributed by atoms with Crippen molar-refractivity contribution >= 4 is 16.2 Å². The highest BCUT2D eigenvalue weighted by Crippen LogP contribution is 2.15. The molecule has 2 rings (SSSR count). The highest BCUT2D eigenvalue weighted by atomic mass is 32.2. The van der Waals surface area contributed by atoms with E-state index in [2.05, 4.69) is 6.58 Å². The Balaban J connectivity index is 0.000000204. The molecule has 0 saturated heterocycles. The zero-order valence-electron chi connectivity index (χ0n) is 11.0. The summed E-state index contributed by atoms with van der Waals surface area (Å²) in [6.45, 7) is 5.37. The Morgan fingerprint density at radius 1 is 1.05 bits per heavy atom. The molecule has 2 N–H and O–H groups in total. The maximum atomic E-state index is 10.5. The molecule has 0 unspecified atom stereocenters. The molecule has 20 heavy (non-hydrogen) atoms. The summed E-state index contributed by atoms with van der Waals surface area (Å²) in [5, 5.41) is 9.04. The minimum atomic E-state index is -4.02. The first-order valence-corrected chi connectivity index (χ1v) is 7.23. The molecular weight excluding hydrogens is 276 g/mol. The minimum absolute atomic E-state index is 0.0666. The standard InChI is InChI=1S/C8H8O.C7H8O3S/c1-2-7-5-3-4-6-8(7)9;1-6-2-4-7(5-3-6)11(8,9)10/h2-6,9H,1H2;2-5H,1H3,(H,8,9,10). The van der Waals surface area contributed by atoms with Gasteiger partial charge < -0.3 is 5.11 Å². The number of rotatable bonds is 2. The number of phenols is 1. The van der Waals surface area contributed by atoms with Gasteiger partial charge in [-0.1, -0.05) is 48.6 Å². The van der Waals surface area contributed by atoms with Crippen LogP contribution in [0.2, 0.25) is 0 Å². The molecular formula is C15H16O4S. The second-order valence-corrected chi connectivity index (χ2v) is 5.47. The third kappa shape index (κ3) is 4.87. The Morgan fingerprint density at radius 3 is 2.00 bits per heavy atom. The smallest absolute Gasteiger partial charge is 0.294 e. The number of hydrogen-bond donors (Lipinski definition) is 2. The summed E-state index contributed by atoms with van der Waals surface area (Å²) < 4.78 is 29.6. The van der Waals surface area contributed by atoms with Crippen LogP contribution in [0.1, 0.15) is 11.1 Å². The topological polar surface area (TPSA) is 74.6 Å². The van der Waals surface area contributed by atoms with Gasteiger partial charge >= 0.3 is 0 Å². The van der Waals surface area contributed by atoms with Gasteiger partial charge in [0.2, 0.25) is 0 Å². The average Bonchev–Trinajstić information content (AvgIpc) is 2.39. The SMILES string of the molecule is C=Cc1ccccc1O.Cc1ccc(S(=O)(=O)O)cc1. The van der Waals surface area contributed by atoms with Crippen LogP contribution in [0.25, 0.3) is 6.08 Å². The maximum Gasteiger partial charge on any atom is 0.294 e. The molecule has 0 aliphatic carbocycles. The lowest BCUT2D eigenvalue weighted by Crippen LogP contribution is -1.96. The van der Waals surface area contributed by atoms with Crippen LogP contribution in [0.5, 0.6) is 5.75 Å². The van der Waals surface area contributed by atoms with E-state index >= 15 is 0 Å². The fourth-order valence-electron chi connectivity index (χ4n) is 1.37. The monoisotopic (exact) mass is 292 g/mol. The summed E-state index contributed by atoms with van der Waals surface area (Å²) in [5.41, 5.74) is 1.73. The summed E-state index contributed by atoms with van der Waals surface area (Å²) in [6, 6.07) is 13.1. The molecule has 106 valence electrons. The van der Waals surface area contributed by atoms with Gasteiger partial charge in [0.05, 0.1) is 4.90 Å². The summed E-state index contributed by atoms with van der Waals surface area (Å²) in [6.07, 6.45) is 1.62. The lowest BCUT2D eigenvalue weighted by molar-refractivity contribution is 0.474. The van der Waals surface area contributed by atoms with Gasteiger partial charge in [-0.15, -0.1) is 0 Å². The molecule has 0 aromatic heterocycles. The fourth-order valence-corrected chi connectivity index (χ4v) is 1.85. The van der Waals surface area contributed by atoms with Gasteiger partial charge in [-0.3, -0.25) is 4.55 Å². The molecule has 2 aromatic carbocycles. The molecule has 0 radical (unpaired) electrons. The summed E-state index contributed by atoms with van der Waals surface area (Å²) >= 11 is 0. The van der Waals surface area contributed by atoms with Gasteiger partial charge in [-0.2, -0.15) is 8.42 Å². The van der Waals surface area contributed by atoms with Gasteiger partial charge in [-0.25, -0.2) is 0 Å². The van der Waals surface area contributed by atoms with Crippen molar-refractivity contribution in [3.05, 3.63) is 66.2 Å². The van der Waals surface area contributed by atoms with Crippen molar-refractivity contribution < 1.29 is 18.1 Å². The number of aryl methyl sites for hydroxylation is 1. The first-order valence-electron chi connectivity index (χ1n) is 5.79. The van der Waals surface area contributed by atoms with E-state index in [9.17, 15) is 8.42 Å². The first kappa shape index (κ1) is 15.9. The highest BCUT2D eigenvalue weighted by Gasteiger charge is 2.06. The number of para-hydroxylation sites is 1. The van der Waals surface area contributed by atoms with E-state index in [0.29, 0.717) is 0 Å². The fraction of sp³-hybridized carbons (Fsp3) is 0.0667. The third-order valence-electron chi connectivity index (χ3n) is 2.48. The summed E-state index contributed by atoms with van der Waals surface area (Å²) in [4.78, 5) is -0.0666. The lowest BCUT2D eigenvalue weighted by Gasteiger charge is -1.95. The van der Waals surface area contributed by atoms with E-state index in [-0.39, 0.29) is 10.6 Å². The highest BCUT2D eigenvalue weighted by molar-refractivity contribution is 7.85. The van der Waals surface area contributed by atoms with E-state index in [1.54, 1.807) is 30.3 Å². The summed E-state index contributed by atoms with van der Waals surface area (Å²) in [5.74, 6) is 0.285. The number of hydrogen-bond acceptors (Lipinski definition) is 3. The second-order valence-electron chi connectivity index (χ2n) is 4.05. The van der Waals surface area contributed by atoms with Crippen LogP contribution in [0.15, 0.2) is 60.0 Å². The largest absolute Gasteiger partial charge is 0.507 e. The van der Waals surface area contributed by atoms with Crippen LogP contribution in [0.3, 0.4) is 0 Å². The van der Waals surface area contributed by atoms with E-state index in [1.165, 1.54) is 12.1 Å². The Kier molecular flexibility index (Phi) is 5.49. The van der Waals surface area contributed by atoms with Crippen LogP contribution >= 0.6 is 0 Å². The lowest BCUT2D eigenvalue weighted by atomic mass is 10.2. The molecule has 0 heterocycles. The van der Waals surface area contributed by atoms with E-state index < -0.39 is 10.1 Å². The third-order valence-corrected chi connectivity index (χ3v) is 3.34. The van der Waals surface area contributed by atoms with Gasteiger partial charge in [0.1, 0.15) is 5.75 Å². The molecule has 0 spiro atoms. The molecule has 0 saturated carbocycles. The van der Waals surface area contributed by atoms with Crippen LogP contribution in [-0.4, -0.2) is 18.1 Å². The Morgan fingerprint density at radius 2 is 1.60 bits per heavy atom. The number of benzene rings is 2. The van der Waals surface area contributed by atoms with Gasteiger partial charge in [0.25, 0.3) is 10.1 Å². The van der Waals surface area contributed by atoms with Gasteiger partial charge in [0, 0.05) is 5.56 Å². The molecule has 0 atom stereocenters. The zero-order valence-corrected chi connectivity index (χ0v) is 11.8. The summed E-state index contributed by atoms with van der Waals surface area (Å²) in [7, 11) is -4.02. The van der Waals surface area contributed by atoms with Crippen molar-refractivity contribution in [1.29, 1.82) is 0 Å². The molecule has 0 bridgehead atoms. The minimum Gasteiger partial charge on any atom is -0.507 e. The molecule has 0 fully saturated rings. The molecule has 0 amide bonds. The molecule has 4 nitrogen and oxygen atoms in total. The number of phenolic OH excluding ortho intramolecular Hbond substituents is 1. The maximum absolute atomic E-state index is 10.5. The molecule has 5 heteroatoms. The predicted octanol–water partition coefficient (Wildman–Crippen LogP) is 3.28. The number of aromatic hydroxyl groups is 1. The van der Waals surface area contributed by atoms with E-state index in [1.807, 2.05) is 19.1 Å². The van der Waals surface area contributed by atoms with Crippen molar-refractivity contribution in [3.63, 3.8) is 0 Å².